The van der Waals surface area contributed by atoms with Crippen molar-refractivity contribution >= 4 is 5.91 Å². The number of nitrogens with zero attached hydrogens (tertiary/aromatic N) is 1. The van der Waals surface area contributed by atoms with Crippen LogP contribution in [0, 0.1) is 0 Å². The molecule has 0 bridgehead atoms. The molecule has 0 aromatic heterocycles. The maximum atomic E-state index is 11.3. The van der Waals surface area contributed by atoms with Crippen molar-refractivity contribution in [3.8, 4) is 0 Å². The molecule has 2 aliphatic rings. The molecule has 1 saturated carbocycles. The van der Waals surface area contributed by atoms with Crippen LogP contribution in [-0.4, -0.2) is 42.5 Å². The molecular weight excluding hydrogens is 190 g/mol. The lowest BCUT2D eigenvalue weighted by molar-refractivity contribution is -0.125. The first-order valence-electron chi connectivity index (χ1n) is 6.04. The summed E-state index contributed by atoms with van der Waals surface area (Å²) in [5.41, 5.74) is 6.18. The SMILES string of the molecule is NC1CCCCCC1N1CCNC(=O)C1. The number of carbonyl (C=O) groups excluding carboxylic acids is 1. The summed E-state index contributed by atoms with van der Waals surface area (Å²) in [5.74, 6) is 0.151. The maximum Gasteiger partial charge on any atom is 0.234 e. The summed E-state index contributed by atoms with van der Waals surface area (Å²) in [6.45, 7) is 2.28. The molecule has 86 valence electrons. The van der Waals surface area contributed by atoms with Crippen LogP contribution in [0.5, 0.6) is 0 Å². The molecule has 4 nitrogen and oxygen atoms in total. The van der Waals surface area contributed by atoms with Crippen LogP contribution >= 0.6 is 0 Å². The highest BCUT2D eigenvalue weighted by molar-refractivity contribution is 5.78. The zero-order valence-electron chi connectivity index (χ0n) is 9.24. The Hall–Kier alpha value is -0.610. The fourth-order valence-corrected chi connectivity index (χ4v) is 2.71. The van der Waals surface area contributed by atoms with Gasteiger partial charge in [-0.1, -0.05) is 19.3 Å². The first kappa shape index (κ1) is 10.9. The van der Waals surface area contributed by atoms with E-state index >= 15 is 0 Å². The number of carbonyl (C=O) groups is 1. The lowest BCUT2D eigenvalue weighted by Gasteiger charge is -2.36. The van der Waals surface area contributed by atoms with E-state index in [1.54, 1.807) is 0 Å². The van der Waals surface area contributed by atoms with Crippen molar-refractivity contribution in [2.45, 2.75) is 44.2 Å². The van der Waals surface area contributed by atoms with Gasteiger partial charge in [-0.05, 0) is 12.8 Å². The second-order valence-corrected chi connectivity index (χ2v) is 4.69. The molecule has 1 aliphatic carbocycles. The molecule has 1 saturated heterocycles. The Morgan fingerprint density at radius 2 is 2.07 bits per heavy atom. The molecule has 0 spiro atoms. The topological polar surface area (TPSA) is 58.4 Å². The quantitative estimate of drug-likeness (QED) is 0.604. The Bertz CT molecular complexity index is 232. The lowest BCUT2D eigenvalue weighted by atomic mass is 10.0. The highest BCUT2D eigenvalue weighted by atomic mass is 16.2. The second kappa shape index (κ2) is 4.94. The van der Waals surface area contributed by atoms with E-state index in [4.69, 9.17) is 5.73 Å². The van der Waals surface area contributed by atoms with Crippen LogP contribution < -0.4 is 11.1 Å². The van der Waals surface area contributed by atoms with Gasteiger partial charge in [0, 0.05) is 25.2 Å². The summed E-state index contributed by atoms with van der Waals surface area (Å²) in [4.78, 5) is 13.6. The van der Waals surface area contributed by atoms with Gasteiger partial charge in [0.1, 0.15) is 0 Å². The number of rotatable bonds is 1. The van der Waals surface area contributed by atoms with Gasteiger partial charge in [-0.25, -0.2) is 0 Å². The van der Waals surface area contributed by atoms with Crippen molar-refractivity contribution in [1.29, 1.82) is 0 Å². The number of nitrogens with one attached hydrogen (secondary N) is 1. The van der Waals surface area contributed by atoms with E-state index in [1.165, 1.54) is 19.3 Å². The molecule has 1 aliphatic heterocycles. The van der Waals surface area contributed by atoms with Crippen molar-refractivity contribution in [2.75, 3.05) is 19.6 Å². The monoisotopic (exact) mass is 211 g/mol. The third kappa shape index (κ3) is 2.69. The van der Waals surface area contributed by atoms with Gasteiger partial charge in [0.15, 0.2) is 0 Å². The molecular formula is C11H21N3O. The van der Waals surface area contributed by atoms with E-state index in [2.05, 4.69) is 10.2 Å². The highest BCUT2D eigenvalue weighted by Crippen LogP contribution is 2.21. The summed E-state index contributed by atoms with van der Waals surface area (Å²) in [6.07, 6.45) is 6.08. The van der Waals surface area contributed by atoms with Crippen molar-refractivity contribution in [2.24, 2.45) is 5.73 Å². The minimum Gasteiger partial charge on any atom is -0.354 e. The van der Waals surface area contributed by atoms with E-state index in [1.807, 2.05) is 0 Å². The summed E-state index contributed by atoms with van der Waals surface area (Å²) >= 11 is 0. The third-order valence-electron chi connectivity index (χ3n) is 3.57. The molecule has 3 N–H and O–H groups in total. The van der Waals surface area contributed by atoms with Crippen LogP contribution in [0.15, 0.2) is 0 Å². The summed E-state index contributed by atoms with van der Waals surface area (Å²) < 4.78 is 0. The Labute approximate surface area is 91.2 Å². The van der Waals surface area contributed by atoms with Gasteiger partial charge in [-0.3, -0.25) is 9.69 Å². The van der Waals surface area contributed by atoms with Crippen LogP contribution in [0.4, 0.5) is 0 Å². The van der Waals surface area contributed by atoms with E-state index in [9.17, 15) is 4.79 Å². The molecule has 2 fully saturated rings. The third-order valence-corrected chi connectivity index (χ3v) is 3.57. The molecule has 15 heavy (non-hydrogen) atoms. The maximum absolute atomic E-state index is 11.3. The van der Waals surface area contributed by atoms with Crippen molar-refractivity contribution in [3.63, 3.8) is 0 Å². The van der Waals surface area contributed by atoms with Crippen LogP contribution in [-0.2, 0) is 4.79 Å². The summed E-state index contributed by atoms with van der Waals surface area (Å²) in [7, 11) is 0. The van der Waals surface area contributed by atoms with E-state index in [-0.39, 0.29) is 11.9 Å². The van der Waals surface area contributed by atoms with Gasteiger partial charge in [0.25, 0.3) is 0 Å². The first-order valence-corrected chi connectivity index (χ1v) is 6.04. The zero-order chi connectivity index (χ0) is 10.7. The Morgan fingerprint density at radius 1 is 1.27 bits per heavy atom. The van der Waals surface area contributed by atoms with Gasteiger partial charge in [0.2, 0.25) is 5.91 Å². The smallest absolute Gasteiger partial charge is 0.234 e. The molecule has 4 heteroatoms. The molecule has 2 unspecified atom stereocenters. The van der Waals surface area contributed by atoms with Crippen LogP contribution in [0.1, 0.15) is 32.1 Å². The van der Waals surface area contributed by atoms with Gasteiger partial charge in [-0.15, -0.1) is 0 Å². The van der Waals surface area contributed by atoms with Gasteiger partial charge in [0.05, 0.1) is 6.54 Å². The lowest BCUT2D eigenvalue weighted by Crippen LogP contribution is -2.56. The number of amides is 1. The summed E-state index contributed by atoms with van der Waals surface area (Å²) in [6, 6.07) is 0.692. The minimum atomic E-state index is 0.151. The van der Waals surface area contributed by atoms with Gasteiger partial charge in [-0.2, -0.15) is 0 Å². The Kier molecular flexibility index (Phi) is 3.59. The predicted octanol–water partition coefficient (Wildman–Crippen LogP) is 0.0782. The number of nitrogens with two attached hydrogens (primary N) is 1. The average Bonchev–Trinajstić information content (AvgIpc) is 2.43. The molecule has 1 amide bonds. The largest absolute Gasteiger partial charge is 0.354 e. The van der Waals surface area contributed by atoms with Crippen molar-refractivity contribution in [3.05, 3.63) is 0 Å². The fourth-order valence-electron chi connectivity index (χ4n) is 2.71. The van der Waals surface area contributed by atoms with Gasteiger partial charge >= 0.3 is 0 Å². The Balaban J connectivity index is 1.96. The molecule has 2 rings (SSSR count). The number of hydrogen-bond donors (Lipinski definition) is 2. The van der Waals surface area contributed by atoms with E-state index < -0.39 is 0 Å². The van der Waals surface area contributed by atoms with Crippen molar-refractivity contribution in [1.82, 2.24) is 10.2 Å². The van der Waals surface area contributed by atoms with Crippen LogP contribution in [0.3, 0.4) is 0 Å². The van der Waals surface area contributed by atoms with E-state index in [0.717, 1.165) is 25.9 Å². The first-order chi connectivity index (χ1) is 7.27. The second-order valence-electron chi connectivity index (χ2n) is 4.69. The Morgan fingerprint density at radius 3 is 2.87 bits per heavy atom. The van der Waals surface area contributed by atoms with E-state index in [0.29, 0.717) is 12.6 Å². The number of piperazine rings is 1. The fraction of sp³-hybridized carbons (Fsp3) is 0.909. The minimum absolute atomic E-state index is 0.151. The summed E-state index contributed by atoms with van der Waals surface area (Å²) in [5, 5.41) is 2.86. The molecule has 0 aromatic rings. The average molecular weight is 211 g/mol. The molecule has 0 aromatic carbocycles. The van der Waals surface area contributed by atoms with Crippen LogP contribution in [0.2, 0.25) is 0 Å². The normalized spacial score (nSPS) is 34.6. The molecule has 0 radical (unpaired) electrons. The van der Waals surface area contributed by atoms with Crippen LogP contribution in [0.25, 0.3) is 0 Å². The zero-order valence-corrected chi connectivity index (χ0v) is 9.24. The van der Waals surface area contributed by atoms with Crippen molar-refractivity contribution < 1.29 is 4.79 Å². The van der Waals surface area contributed by atoms with Gasteiger partial charge < -0.3 is 11.1 Å². The standard InChI is InChI=1S/C11H21N3O/c12-9-4-2-1-3-5-10(9)14-7-6-13-11(15)8-14/h9-10H,1-8,12H2,(H,13,15). The molecule has 1 heterocycles. The molecule has 2 atom stereocenters. The highest BCUT2D eigenvalue weighted by Gasteiger charge is 2.29. The predicted molar refractivity (Wildman–Crippen MR) is 59.4 cm³/mol. The number of hydrogen-bond acceptors (Lipinski definition) is 3.